The molecule has 1 aliphatic heterocycles. The molecule has 7 heteroatoms. The summed E-state index contributed by atoms with van der Waals surface area (Å²) < 4.78 is 17.2. The number of methoxy groups -OCH3 is 2. The molecule has 1 atom stereocenters. The summed E-state index contributed by atoms with van der Waals surface area (Å²) in [6, 6.07) is 22.7. The van der Waals surface area contributed by atoms with E-state index in [9.17, 15) is 10.1 Å². The maximum Gasteiger partial charge on any atom is 0.269 e. The number of hydrogen-bond donors (Lipinski definition) is 0. The predicted molar refractivity (Wildman–Crippen MR) is 136 cm³/mol. The zero-order valence-corrected chi connectivity index (χ0v) is 20.1. The van der Waals surface area contributed by atoms with Crippen LogP contribution in [0.4, 0.5) is 5.69 Å². The Morgan fingerprint density at radius 3 is 2.34 bits per heavy atom. The molecule has 35 heavy (non-hydrogen) atoms. The highest BCUT2D eigenvalue weighted by atomic mass is 16.6. The molecule has 3 aromatic carbocycles. The summed E-state index contributed by atoms with van der Waals surface area (Å²) in [4.78, 5) is 12.9. The molecule has 0 unspecified atom stereocenters. The van der Waals surface area contributed by atoms with E-state index < -0.39 is 0 Å². The molecule has 0 spiro atoms. The topological polar surface area (TPSA) is 74.1 Å². The summed E-state index contributed by atoms with van der Waals surface area (Å²) in [7, 11) is 3.23. The zero-order chi connectivity index (χ0) is 24.6. The standard InChI is InChI=1S/C28H30N2O5/c1-33-27-13-12-25(20-28(27)34-2)35-26(23-6-4-3-5-7-23)16-19-29-17-14-22(15-18-29)21-8-10-24(11-9-21)30(31)32/h3-14,20,26H,15-19H2,1-2H3/t26-/m1/s1. The quantitative estimate of drug-likeness (QED) is 0.269. The van der Waals surface area contributed by atoms with Crippen LogP contribution in [0.3, 0.4) is 0 Å². The second-order valence-corrected chi connectivity index (χ2v) is 8.41. The second kappa shape index (κ2) is 11.5. The van der Waals surface area contributed by atoms with Crippen molar-refractivity contribution in [2.45, 2.75) is 18.9 Å². The maximum absolute atomic E-state index is 10.9. The van der Waals surface area contributed by atoms with Gasteiger partial charge in [-0.15, -0.1) is 0 Å². The average Bonchev–Trinajstić information content (AvgIpc) is 2.91. The number of nitrogens with zero attached hydrogens (tertiary/aromatic N) is 2. The molecule has 0 radical (unpaired) electrons. The molecule has 0 aliphatic carbocycles. The number of nitro benzene ring substituents is 1. The highest BCUT2D eigenvalue weighted by Crippen LogP contribution is 2.34. The van der Waals surface area contributed by atoms with E-state index >= 15 is 0 Å². The van der Waals surface area contributed by atoms with E-state index in [0.29, 0.717) is 11.5 Å². The van der Waals surface area contributed by atoms with Gasteiger partial charge in [0.1, 0.15) is 11.9 Å². The highest BCUT2D eigenvalue weighted by Gasteiger charge is 2.19. The first kappa shape index (κ1) is 24.3. The van der Waals surface area contributed by atoms with Crippen molar-refractivity contribution in [1.29, 1.82) is 0 Å². The summed E-state index contributed by atoms with van der Waals surface area (Å²) in [5.74, 6) is 2.03. The van der Waals surface area contributed by atoms with Crippen LogP contribution in [0.2, 0.25) is 0 Å². The van der Waals surface area contributed by atoms with Crippen molar-refractivity contribution in [2.24, 2.45) is 0 Å². The van der Waals surface area contributed by atoms with E-state index in [1.54, 1.807) is 26.4 Å². The van der Waals surface area contributed by atoms with Crippen LogP contribution in [0, 0.1) is 10.1 Å². The van der Waals surface area contributed by atoms with Gasteiger partial charge in [-0.05, 0) is 47.4 Å². The first-order valence-electron chi connectivity index (χ1n) is 11.7. The fourth-order valence-corrected chi connectivity index (χ4v) is 4.29. The van der Waals surface area contributed by atoms with Gasteiger partial charge in [0.15, 0.2) is 11.5 Å². The molecule has 182 valence electrons. The molecule has 0 saturated carbocycles. The van der Waals surface area contributed by atoms with E-state index in [0.717, 1.165) is 49.4 Å². The predicted octanol–water partition coefficient (Wildman–Crippen LogP) is 5.91. The third-order valence-electron chi connectivity index (χ3n) is 6.25. The van der Waals surface area contributed by atoms with Crippen LogP contribution in [0.5, 0.6) is 17.2 Å². The normalized spacial score (nSPS) is 14.6. The molecule has 0 saturated heterocycles. The Labute approximate surface area is 205 Å². The zero-order valence-electron chi connectivity index (χ0n) is 20.1. The van der Waals surface area contributed by atoms with Gasteiger partial charge in [0, 0.05) is 44.3 Å². The average molecular weight is 475 g/mol. The summed E-state index contributed by atoms with van der Waals surface area (Å²) in [5, 5.41) is 10.9. The van der Waals surface area contributed by atoms with Crippen molar-refractivity contribution in [3.63, 3.8) is 0 Å². The maximum atomic E-state index is 10.9. The molecular weight excluding hydrogens is 444 g/mol. The van der Waals surface area contributed by atoms with Crippen molar-refractivity contribution >= 4 is 11.3 Å². The van der Waals surface area contributed by atoms with Crippen LogP contribution in [0.15, 0.2) is 78.9 Å². The Hall–Kier alpha value is -3.84. The second-order valence-electron chi connectivity index (χ2n) is 8.41. The third kappa shape index (κ3) is 6.19. The number of rotatable bonds is 10. The monoisotopic (exact) mass is 474 g/mol. The van der Waals surface area contributed by atoms with E-state index in [1.165, 1.54) is 5.57 Å². The first-order chi connectivity index (χ1) is 17.1. The van der Waals surface area contributed by atoms with Crippen molar-refractivity contribution < 1.29 is 19.1 Å². The lowest BCUT2D eigenvalue weighted by Crippen LogP contribution is -2.31. The first-order valence-corrected chi connectivity index (χ1v) is 11.7. The van der Waals surface area contributed by atoms with Gasteiger partial charge in [-0.3, -0.25) is 15.0 Å². The van der Waals surface area contributed by atoms with Gasteiger partial charge in [-0.2, -0.15) is 0 Å². The lowest BCUT2D eigenvalue weighted by atomic mass is 9.98. The van der Waals surface area contributed by atoms with Crippen LogP contribution < -0.4 is 14.2 Å². The molecule has 0 N–H and O–H groups in total. The Bertz CT molecular complexity index is 1160. The SMILES string of the molecule is COc1ccc(O[C@H](CCN2CC=C(c3ccc([N+](=O)[O-])cc3)CC2)c2ccccc2)cc1OC. The molecular formula is C28H30N2O5. The van der Waals surface area contributed by atoms with E-state index in [2.05, 4.69) is 23.1 Å². The minimum absolute atomic E-state index is 0.102. The van der Waals surface area contributed by atoms with Crippen LogP contribution in [-0.4, -0.2) is 43.7 Å². The Balaban J connectivity index is 1.41. The smallest absolute Gasteiger partial charge is 0.269 e. The van der Waals surface area contributed by atoms with Gasteiger partial charge in [0.2, 0.25) is 0 Å². The van der Waals surface area contributed by atoms with Gasteiger partial charge in [0.05, 0.1) is 19.1 Å². The molecule has 1 aliphatic rings. The van der Waals surface area contributed by atoms with Crippen molar-refractivity contribution in [3.8, 4) is 17.2 Å². The van der Waals surface area contributed by atoms with Gasteiger partial charge < -0.3 is 14.2 Å². The van der Waals surface area contributed by atoms with Gasteiger partial charge in [0.25, 0.3) is 5.69 Å². The highest BCUT2D eigenvalue weighted by molar-refractivity contribution is 5.67. The number of non-ortho nitro benzene ring substituents is 1. The number of ether oxygens (including phenoxy) is 3. The lowest BCUT2D eigenvalue weighted by molar-refractivity contribution is -0.384. The van der Waals surface area contributed by atoms with Crippen molar-refractivity contribution in [2.75, 3.05) is 33.9 Å². The van der Waals surface area contributed by atoms with Crippen molar-refractivity contribution in [1.82, 2.24) is 4.90 Å². The summed E-state index contributed by atoms with van der Waals surface area (Å²) in [6.45, 7) is 2.65. The van der Waals surface area contributed by atoms with E-state index in [-0.39, 0.29) is 16.7 Å². The summed E-state index contributed by atoms with van der Waals surface area (Å²) >= 11 is 0. The molecule has 3 aromatic rings. The van der Waals surface area contributed by atoms with Crippen LogP contribution in [0.1, 0.15) is 30.1 Å². The third-order valence-corrected chi connectivity index (χ3v) is 6.25. The van der Waals surface area contributed by atoms with Crippen LogP contribution in [-0.2, 0) is 0 Å². The number of nitro groups is 1. The molecule has 0 amide bonds. The van der Waals surface area contributed by atoms with E-state index in [1.807, 2.05) is 48.5 Å². The Kier molecular flexibility index (Phi) is 8.00. The fraction of sp³-hybridized carbons (Fsp3) is 0.286. The Morgan fingerprint density at radius 1 is 0.971 bits per heavy atom. The minimum Gasteiger partial charge on any atom is -0.493 e. The van der Waals surface area contributed by atoms with Crippen LogP contribution in [0.25, 0.3) is 5.57 Å². The molecule has 7 nitrogen and oxygen atoms in total. The van der Waals surface area contributed by atoms with Gasteiger partial charge in [-0.1, -0.05) is 36.4 Å². The van der Waals surface area contributed by atoms with Gasteiger partial charge in [-0.25, -0.2) is 0 Å². The number of hydrogen-bond acceptors (Lipinski definition) is 6. The van der Waals surface area contributed by atoms with E-state index in [4.69, 9.17) is 14.2 Å². The van der Waals surface area contributed by atoms with Gasteiger partial charge >= 0.3 is 0 Å². The molecule has 0 bridgehead atoms. The summed E-state index contributed by atoms with van der Waals surface area (Å²) in [5.41, 5.74) is 3.53. The van der Waals surface area contributed by atoms with Crippen LogP contribution >= 0.6 is 0 Å². The largest absolute Gasteiger partial charge is 0.493 e. The fourth-order valence-electron chi connectivity index (χ4n) is 4.29. The minimum atomic E-state index is -0.367. The Morgan fingerprint density at radius 2 is 1.71 bits per heavy atom. The van der Waals surface area contributed by atoms with Crippen molar-refractivity contribution in [3.05, 3.63) is 100 Å². The number of benzene rings is 3. The summed E-state index contributed by atoms with van der Waals surface area (Å²) in [6.07, 6.45) is 3.86. The molecule has 0 fully saturated rings. The lowest BCUT2D eigenvalue weighted by Gasteiger charge is -2.28. The molecule has 0 aromatic heterocycles. The molecule has 4 rings (SSSR count). The molecule has 1 heterocycles.